The molecular formula is C20H23ClN2O3S. The summed E-state index contributed by atoms with van der Waals surface area (Å²) in [7, 11) is -3.69. The third-order valence-corrected chi connectivity index (χ3v) is 6.99. The summed E-state index contributed by atoms with van der Waals surface area (Å²) in [4.78, 5) is 12.9. The number of amides is 1. The monoisotopic (exact) mass is 406 g/mol. The quantitative estimate of drug-likeness (QED) is 0.815. The minimum Gasteiger partial charge on any atom is -0.345 e. The van der Waals surface area contributed by atoms with Crippen molar-refractivity contribution in [2.75, 3.05) is 13.1 Å². The molecule has 1 fully saturated rings. The molecule has 0 bridgehead atoms. The molecule has 1 aliphatic rings. The SMILES string of the molecule is CC(NC(=O)c1ccccc1S(=O)(=O)N1CCCCC1)c1ccc(Cl)cc1. The van der Waals surface area contributed by atoms with Gasteiger partial charge in [-0.25, -0.2) is 8.42 Å². The van der Waals surface area contributed by atoms with E-state index in [4.69, 9.17) is 11.6 Å². The van der Waals surface area contributed by atoms with Gasteiger partial charge in [0, 0.05) is 18.1 Å². The van der Waals surface area contributed by atoms with Crippen molar-refractivity contribution in [1.82, 2.24) is 9.62 Å². The zero-order chi connectivity index (χ0) is 19.4. The molecule has 1 saturated heterocycles. The van der Waals surface area contributed by atoms with E-state index in [-0.39, 0.29) is 16.5 Å². The van der Waals surface area contributed by atoms with Crippen LogP contribution in [-0.2, 0) is 10.0 Å². The van der Waals surface area contributed by atoms with E-state index in [1.165, 1.54) is 10.4 Å². The minimum atomic E-state index is -3.69. The van der Waals surface area contributed by atoms with Gasteiger partial charge in [-0.05, 0) is 49.6 Å². The van der Waals surface area contributed by atoms with Crippen LogP contribution in [0, 0.1) is 0 Å². The van der Waals surface area contributed by atoms with Gasteiger partial charge in [0.05, 0.1) is 16.5 Å². The third-order valence-electron chi connectivity index (χ3n) is 4.78. The Morgan fingerprint density at radius 2 is 1.67 bits per heavy atom. The number of hydrogen-bond acceptors (Lipinski definition) is 3. The highest BCUT2D eigenvalue weighted by molar-refractivity contribution is 7.89. The van der Waals surface area contributed by atoms with Crippen LogP contribution < -0.4 is 5.32 Å². The number of benzene rings is 2. The summed E-state index contributed by atoms with van der Waals surface area (Å²) in [6.45, 7) is 2.85. The van der Waals surface area contributed by atoms with Crippen LogP contribution in [0.15, 0.2) is 53.4 Å². The van der Waals surface area contributed by atoms with Crippen LogP contribution in [0.25, 0.3) is 0 Å². The van der Waals surface area contributed by atoms with Crippen LogP contribution in [0.3, 0.4) is 0 Å². The average molecular weight is 407 g/mol. The molecule has 1 heterocycles. The number of sulfonamides is 1. The molecule has 0 aliphatic carbocycles. The first-order valence-corrected chi connectivity index (χ1v) is 10.9. The standard InChI is InChI=1S/C20H23ClN2O3S/c1-15(16-9-11-17(21)12-10-16)22-20(24)18-7-3-4-8-19(18)27(25,26)23-13-5-2-6-14-23/h3-4,7-12,15H,2,5-6,13-14H2,1H3,(H,22,24). The van der Waals surface area contributed by atoms with Crippen LogP contribution in [-0.4, -0.2) is 31.7 Å². The Hall–Kier alpha value is -1.89. The van der Waals surface area contributed by atoms with E-state index < -0.39 is 15.9 Å². The van der Waals surface area contributed by atoms with Gasteiger partial charge < -0.3 is 5.32 Å². The molecule has 1 unspecified atom stereocenters. The van der Waals surface area contributed by atoms with Crippen molar-refractivity contribution in [3.8, 4) is 0 Å². The number of rotatable bonds is 5. The summed E-state index contributed by atoms with van der Waals surface area (Å²) in [6.07, 6.45) is 2.73. The van der Waals surface area contributed by atoms with E-state index in [0.29, 0.717) is 18.1 Å². The highest BCUT2D eigenvalue weighted by atomic mass is 35.5. The minimum absolute atomic E-state index is 0.0627. The van der Waals surface area contributed by atoms with E-state index in [0.717, 1.165) is 24.8 Å². The lowest BCUT2D eigenvalue weighted by atomic mass is 10.1. The lowest BCUT2D eigenvalue weighted by Gasteiger charge is -2.26. The summed E-state index contributed by atoms with van der Waals surface area (Å²) in [6, 6.07) is 13.3. The molecule has 2 aromatic carbocycles. The number of carbonyl (C=O) groups excluding carboxylic acids is 1. The van der Waals surface area contributed by atoms with Gasteiger partial charge in [-0.15, -0.1) is 0 Å². The number of piperidine rings is 1. The highest BCUT2D eigenvalue weighted by Crippen LogP contribution is 2.24. The number of hydrogen-bond donors (Lipinski definition) is 1. The third kappa shape index (κ3) is 4.51. The number of carbonyl (C=O) groups is 1. The van der Waals surface area contributed by atoms with Crippen molar-refractivity contribution in [3.05, 3.63) is 64.7 Å². The fourth-order valence-corrected chi connectivity index (χ4v) is 5.06. The van der Waals surface area contributed by atoms with Gasteiger partial charge in [-0.3, -0.25) is 4.79 Å². The zero-order valence-corrected chi connectivity index (χ0v) is 16.8. The second-order valence-electron chi connectivity index (χ2n) is 6.71. The molecule has 0 radical (unpaired) electrons. The van der Waals surface area contributed by atoms with Crippen LogP contribution in [0.1, 0.15) is 48.1 Å². The lowest BCUT2D eigenvalue weighted by Crippen LogP contribution is -2.37. The maximum Gasteiger partial charge on any atom is 0.253 e. The number of nitrogens with one attached hydrogen (secondary N) is 1. The van der Waals surface area contributed by atoms with Gasteiger partial charge in [0.2, 0.25) is 10.0 Å². The normalized spacial score (nSPS) is 16.7. The molecule has 1 aliphatic heterocycles. The smallest absolute Gasteiger partial charge is 0.253 e. The van der Waals surface area contributed by atoms with E-state index >= 15 is 0 Å². The largest absolute Gasteiger partial charge is 0.345 e. The first-order valence-electron chi connectivity index (χ1n) is 9.05. The summed E-state index contributed by atoms with van der Waals surface area (Å²) < 4.78 is 27.6. The Kier molecular flexibility index (Phi) is 6.19. The van der Waals surface area contributed by atoms with Crippen molar-refractivity contribution in [3.63, 3.8) is 0 Å². The predicted octanol–water partition coefficient (Wildman–Crippen LogP) is 4.01. The first kappa shape index (κ1) is 19.9. The maximum atomic E-state index is 13.0. The molecule has 1 amide bonds. The Morgan fingerprint density at radius 1 is 1.04 bits per heavy atom. The van der Waals surface area contributed by atoms with Crippen molar-refractivity contribution < 1.29 is 13.2 Å². The Bertz CT molecular complexity index is 907. The van der Waals surface area contributed by atoms with E-state index in [1.807, 2.05) is 19.1 Å². The zero-order valence-electron chi connectivity index (χ0n) is 15.2. The van der Waals surface area contributed by atoms with Crippen molar-refractivity contribution in [2.24, 2.45) is 0 Å². The second-order valence-corrected chi connectivity index (χ2v) is 9.05. The molecule has 7 heteroatoms. The topological polar surface area (TPSA) is 66.5 Å². The molecule has 2 aromatic rings. The van der Waals surface area contributed by atoms with E-state index in [1.54, 1.807) is 30.3 Å². The molecule has 1 atom stereocenters. The van der Waals surface area contributed by atoms with Gasteiger partial charge in [0.15, 0.2) is 0 Å². The Morgan fingerprint density at radius 3 is 2.33 bits per heavy atom. The van der Waals surface area contributed by atoms with Crippen LogP contribution in [0.4, 0.5) is 0 Å². The number of nitrogens with zero attached hydrogens (tertiary/aromatic N) is 1. The molecule has 27 heavy (non-hydrogen) atoms. The van der Waals surface area contributed by atoms with E-state index in [2.05, 4.69) is 5.32 Å². The van der Waals surface area contributed by atoms with Crippen molar-refractivity contribution >= 4 is 27.5 Å². The maximum absolute atomic E-state index is 13.0. The summed E-state index contributed by atoms with van der Waals surface area (Å²) in [5.74, 6) is -0.409. The van der Waals surface area contributed by atoms with Crippen molar-refractivity contribution in [2.45, 2.75) is 37.1 Å². The number of halogens is 1. The van der Waals surface area contributed by atoms with Crippen LogP contribution in [0.5, 0.6) is 0 Å². The highest BCUT2D eigenvalue weighted by Gasteiger charge is 2.30. The molecule has 0 saturated carbocycles. The molecular weight excluding hydrogens is 384 g/mol. The van der Waals surface area contributed by atoms with Gasteiger partial charge in [-0.1, -0.05) is 42.3 Å². The van der Waals surface area contributed by atoms with Gasteiger partial charge >= 0.3 is 0 Å². The van der Waals surface area contributed by atoms with Crippen LogP contribution >= 0.6 is 11.6 Å². The molecule has 0 aromatic heterocycles. The van der Waals surface area contributed by atoms with Gasteiger partial charge in [0.25, 0.3) is 5.91 Å². The molecule has 144 valence electrons. The molecule has 0 spiro atoms. The Balaban J connectivity index is 1.84. The molecule has 3 rings (SSSR count). The first-order chi connectivity index (χ1) is 12.9. The summed E-state index contributed by atoms with van der Waals surface area (Å²) in [5.41, 5.74) is 1.06. The van der Waals surface area contributed by atoms with Gasteiger partial charge in [0.1, 0.15) is 0 Å². The fraction of sp³-hybridized carbons (Fsp3) is 0.350. The summed E-state index contributed by atoms with van der Waals surface area (Å²) in [5, 5.41) is 3.50. The van der Waals surface area contributed by atoms with E-state index in [9.17, 15) is 13.2 Å². The lowest BCUT2D eigenvalue weighted by molar-refractivity contribution is 0.0936. The fourth-order valence-electron chi connectivity index (χ4n) is 3.23. The van der Waals surface area contributed by atoms with Gasteiger partial charge in [-0.2, -0.15) is 4.31 Å². The van der Waals surface area contributed by atoms with Crippen molar-refractivity contribution in [1.29, 1.82) is 0 Å². The molecule has 5 nitrogen and oxygen atoms in total. The second kappa shape index (κ2) is 8.42. The van der Waals surface area contributed by atoms with Crippen LogP contribution in [0.2, 0.25) is 5.02 Å². The predicted molar refractivity (Wildman–Crippen MR) is 106 cm³/mol. The average Bonchev–Trinajstić information content (AvgIpc) is 2.69. The molecule has 1 N–H and O–H groups in total. The summed E-state index contributed by atoms with van der Waals surface area (Å²) >= 11 is 5.90. The Labute approximate surface area is 165 Å².